The van der Waals surface area contributed by atoms with Gasteiger partial charge < -0.3 is 10.6 Å². The number of halogens is 4. The van der Waals surface area contributed by atoms with E-state index in [9.17, 15) is 21.6 Å². The van der Waals surface area contributed by atoms with Crippen LogP contribution in [0.1, 0.15) is 31.2 Å². The maximum absolute atomic E-state index is 12.6. The molecule has 0 bridgehead atoms. The van der Waals surface area contributed by atoms with Crippen molar-refractivity contribution in [3.8, 4) is 0 Å². The van der Waals surface area contributed by atoms with E-state index in [1.165, 1.54) is 5.56 Å². The summed E-state index contributed by atoms with van der Waals surface area (Å²) >= 11 is 1.65. The molecule has 1 aliphatic rings. The zero-order valence-electron chi connectivity index (χ0n) is 15.7. The quantitative estimate of drug-likeness (QED) is 0.322. The van der Waals surface area contributed by atoms with Gasteiger partial charge >= 0.3 is 15.5 Å². The largest absolute Gasteiger partial charge is 0.511 e. The normalized spacial score (nSPS) is 18.4. The van der Waals surface area contributed by atoms with Crippen LogP contribution in [0, 0.1) is 5.92 Å². The molecule has 6 nitrogen and oxygen atoms in total. The van der Waals surface area contributed by atoms with Gasteiger partial charge in [0.25, 0.3) is 0 Å². The number of hydrogen-bond acceptors (Lipinski definition) is 4. The van der Waals surface area contributed by atoms with Gasteiger partial charge in [0.05, 0.1) is 0 Å². The van der Waals surface area contributed by atoms with E-state index >= 15 is 0 Å². The van der Waals surface area contributed by atoms with Crippen LogP contribution in [0.3, 0.4) is 0 Å². The van der Waals surface area contributed by atoms with Gasteiger partial charge in [-0.25, -0.2) is 8.42 Å². The van der Waals surface area contributed by atoms with Crippen LogP contribution in [0.2, 0.25) is 0 Å². The SMILES string of the molecule is CN=C(NCC1CCN(S(=O)(=O)C(F)(F)F)CC1)NCC(C)c1ccsc1.I. The second-order valence-corrected chi connectivity index (χ2v) is 9.29. The Kier molecular flexibility index (Phi) is 9.97. The number of alkyl halides is 3. The fourth-order valence-electron chi connectivity index (χ4n) is 2.88. The summed E-state index contributed by atoms with van der Waals surface area (Å²) in [6, 6.07) is 2.08. The van der Waals surface area contributed by atoms with Crippen molar-refractivity contribution in [1.29, 1.82) is 0 Å². The highest BCUT2D eigenvalue weighted by atomic mass is 127. The van der Waals surface area contributed by atoms with E-state index in [0.29, 0.717) is 42.1 Å². The van der Waals surface area contributed by atoms with E-state index < -0.39 is 15.5 Å². The second kappa shape index (κ2) is 11.0. The van der Waals surface area contributed by atoms with E-state index in [2.05, 4.69) is 34.0 Å². The monoisotopic (exact) mass is 554 g/mol. The molecule has 2 N–H and O–H groups in total. The first-order chi connectivity index (χ1) is 12.6. The van der Waals surface area contributed by atoms with Crippen LogP contribution >= 0.6 is 35.3 Å². The standard InChI is InChI=1S/C16H25F3N4O2S2.HI/c1-12(14-5-8-26-11-14)9-21-15(20-2)22-10-13-3-6-23(7-4-13)27(24,25)16(17,18)19;/h5,8,11-13H,3-4,6-7,9-10H2,1-2H3,(H2,20,21,22);1H. The second-order valence-electron chi connectivity index (χ2n) is 6.58. The average Bonchev–Trinajstić information content (AvgIpc) is 3.16. The number of nitrogens with one attached hydrogen (secondary N) is 2. The lowest BCUT2D eigenvalue weighted by atomic mass is 9.98. The zero-order valence-corrected chi connectivity index (χ0v) is 19.7. The summed E-state index contributed by atoms with van der Waals surface area (Å²) in [5.41, 5.74) is -3.98. The van der Waals surface area contributed by atoms with E-state index in [1.54, 1.807) is 18.4 Å². The van der Waals surface area contributed by atoms with Crippen LogP contribution < -0.4 is 10.6 Å². The highest BCUT2D eigenvalue weighted by molar-refractivity contribution is 14.0. The van der Waals surface area contributed by atoms with Gasteiger partial charge in [-0.3, -0.25) is 4.99 Å². The van der Waals surface area contributed by atoms with Gasteiger partial charge in [-0.05, 0) is 47.1 Å². The van der Waals surface area contributed by atoms with Crippen molar-refractivity contribution in [2.75, 3.05) is 33.2 Å². The number of nitrogens with zero attached hydrogens (tertiary/aromatic N) is 2. The molecule has 1 aromatic rings. The first-order valence-electron chi connectivity index (χ1n) is 8.68. The van der Waals surface area contributed by atoms with Gasteiger partial charge in [0.1, 0.15) is 0 Å². The average molecular weight is 554 g/mol. The van der Waals surface area contributed by atoms with E-state index in [4.69, 9.17) is 0 Å². The van der Waals surface area contributed by atoms with Crippen LogP contribution in [0.15, 0.2) is 21.8 Å². The van der Waals surface area contributed by atoms with Gasteiger partial charge in [-0.2, -0.15) is 28.8 Å². The first kappa shape index (κ1) is 25.4. The minimum absolute atomic E-state index is 0. The van der Waals surface area contributed by atoms with Crippen LogP contribution in [0.4, 0.5) is 13.2 Å². The maximum Gasteiger partial charge on any atom is 0.511 e. The molecule has 1 unspecified atom stereocenters. The van der Waals surface area contributed by atoms with Crippen molar-refractivity contribution in [3.63, 3.8) is 0 Å². The Labute approximate surface area is 185 Å². The van der Waals surface area contributed by atoms with Crippen molar-refractivity contribution >= 4 is 51.3 Å². The van der Waals surface area contributed by atoms with Crippen LogP contribution in [-0.4, -0.2) is 57.4 Å². The van der Waals surface area contributed by atoms with Gasteiger partial charge in [0.15, 0.2) is 5.96 Å². The summed E-state index contributed by atoms with van der Waals surface area (Å²) in [7, 11) is -3.57. The van der Waals surface area contributed by atoms with Crippen LogP contribution in [-0.2, 0) is 10.0 Å². The lowest BCUT2D eigenvalue weighted by molar-refractivity contribution is -0.0496. The van der Waals surface area contributed by atoms with Gasteiger partial charge in [0, 0.05) is 33.2 Å². The third-order valence-electron chi connectivity index (χ3n) is 4.68. The summed E-state index contributed by atoms with van der Waals surface area (Å²) in [5.74, 6) is 1.05. The molecule has 2 heterocycles. The molecule has 0 radical (unpaired) electrons. The van der Waals surface area contributed by atoms with E-state index in [-0.39, 0.29) is 43.0 Å². The highest BCUT2D eigenvalue weighted by Gasteiger charge is 2.50. The van der Waals surface area contributed by atoms with Crippen molar-refractivity contribution in [1.82, 2.24) is 14.9 Å². The Morgan fingerprint density at radius 1 is 1.36 bits per heavy atom. The van der Waals surface area contributed by atoms with Crippen LogP contribution in [0.25, 0.3) is 0 Å². The molecule has 1 aliphatic heterocycles. The minimum Gasteiger partial charge on any atom is -0.356 e. The molecule has 2 rings (SSSR count). The molecule has 1 saturated heterocycles. The van der Waals surface area contributed by atoms with E-state index in [0.717, 1.165) is 0 Å². The lowest BCUT2D eigenvalue weighted by Gasteiger charge is -2.31. The third-order valence-corrected chi connectivity index (χ3v) is 7.01. The van der Waals surface area contributed by atoms with Gasteiger partial charge in [0.2, 0.25) is 0 Å². The Morgan fingerprint density at radius 3 is 2.50 bits per heavy atom. The topological polar surface area (TPSA) is 73.8 Å². The van der Waals surface area contributed by atoms with Crippen molar-refractivity contribution in [2.24, 2.45) is 10.9 Å². The molecule has 162 valence electrons. The molecule has 1 fully saturated rings. The molecule has 0 saturated carbocycles. The highest BCUT2D eigenvalue weighted by Crippen LogP contribution is 2.30. The predicted octanol–water partition coefficient (Wildman–Crippen LogP) is 3.20. The number of hydrogen-bond donors (Lipinski definition) is 2. The van der Waals surface area contributed by atoms with Crippen molar-refractivity contribution in [2.45, 2.75) is 31.2 Å². The smallest absolute Gasteiger partial charge is 0.356 e. The number of rotatable bonds is 6. The summed E-state index contributed by atoms with van der Waals surface area (Å²) in [4.78, 5) is 4.15. The molecule has 28 heavy (non-hydrogen) atoms. The fourth-order valence-corrected chi connectivity index (χ4v) is 4.65. The summed E-state index contributed by atoms with van der Waals surface area (Å²) < 4.78 is 61.2. The summed E-state index contributed by atoms with van der Waals surface area (Å²) in [6.45, 7) is 3.12. The van der Waals surface area contributed by atoms with Crippen molar-refractivity contribution < 1.29 is 21.6 Å². The number of piperidine rings is 1. The van der Waals surface area contributed by atoms with E-state index in [1.807, 2.05) is 5.38 Å². The Morgan fingerprint density at radius 2 is 2.00 bits per heavy atom. The van der Waals surface area contributed by atoms with Gasteiger partial charge in [-0.15, -0.1) is 24.0 Å². The number of aliphatic imine (C=N–C) groups is 1. The molecular formula is C16H26F3IN4O2S2. The third kappa shape index (κ3) is 6.73. The molecule has 12 heteroatoms. The maximum atomic E-state index is 12.6. The van der Waals surface area contributed by atoms with Crippen LogP contribution in [0.5, 0.6) is 0 Å². The molecule has 0 aromatic carbocycles. The molecule has 0 amide bonds. The molecule has 1 atom stereocenters. The number of thiophene rings is 1. The molecule has 1 aromatic heterocycles. The van der Waals surface area contributed by atoms with Crippen molar-refractivity contribution in [3.05, 3.63) is 22.4 Å². The lowest BCUT2D eigenvalue weighted by Crippen LogP contribution is -2.47. The first-order valence-corrected chi connectivity index (χ1v) is 11.1. The fraction of sp³-hybridized carbons (Fsp3) is 0.688. The summed E-state index contributed by atoms with van der Waals surface area (Å²) in [6.07, 6.45) is 0.759. The molecule has 0 aliphatic carbocycles. The Hall–Kier alpha value is -0.600. The Balaban J connectivity index is 0.00000392. The summed E-state index contributed by atoms with van der Waals surface area (Å²) in [5, 5.41) is 10.5. The predicted molar refractivity (Wildman–Crippen MR) is 117 cm³/mol. The molecule has 0 spiro atoms. The Bertz CT molecular complexity index is 719. The van der Waals surface area contributed by atoms with Gasteiger partial charge in [-0.1, -0.05) is 6.92 Å². The minimum atomic E-state index is -5.23. The molecular weight excluding hydrogens is 528 g/mol. The zero-order chi connectivity index (χ0) is 20.1. The number of guanidine groups is 1. The number of sulfonamides is 1.